The third kappa shape index (κ3) is 2.96. The fourth-order valence-corrected chi connectivity index (χ4v) is 2.86. The molecule has 0 spiro atoms. The van der Waals surface area contributed by atoms with Crippen LogP contribution in [0.3, 0.4) is 0 Å². The standard InChI is InChI=1S/C13H19N3S/c1-3-11-5-7-13(17-11)12(14)6-4-10-8-9-15-16(10)2/h5,7-9,12H,3-4,6,14H2,1-2H3. The molecule has 2 heterocycles. The minimum Gasteiger partial charge on any atom is -0.323 e. The van der Waals surface area contributed by atoms with E-state index in [1.165, 1.54) is 15.4 Å². The number of hydrogen-bond donors (Lipinski definition) is 1. The first kappa shape index (κ1) is 12.3. The lowest BCUT2D eigenvalue weighted by atomic mass is 10.1. The zero-order chi connectivity index (χ0) is 12.3. The molecule has 0 aliphatic carbocycles. The van der Waals surface area contributed by atoms with Crippen LogP contribution in [-0.2, 0) is 19.9 Å². The van der Waals surface area contributed by atoms with E-state index < -0.39 is 0 Å². The van der Waals surface area contributed by atoms with Gasteiger partial charge in [-0.25, -0.2) is 0 Å². The van der Waals surface area contributed by atoms with Crippen molar-refractivity contribution in [2.24, 2.45) is 12.8 Å². The highest BCUT2D eigenvalue weighted by atomic mass is 32.1. The van der Waals surface area contributed by atoms with Crippen molar-refractivity contribution in [3.63, 3.8) is 0 Å². The van der Waals surface area contributed by atoms with Crippen molar-refractivity contribution >= 4 is 11.3 Å². The largest absolute Gasteiger partial charge is 0.323 e. The molecule has 2 rings (SSSR count). The molecule has 0 aliphatic rings. The Morgan fingerprint density at radius 3 is 2.82 bits per heavy atom. The van der Waals surface area contributed by atoms with Gasteiger partial charge < -0.3 is 5.73 Å². The van der Waals surface area contributed by atoms with Crippen LogP contribution >= 0.6 is 11.3 Å². The predicted octanol–water partition coefficient (Wildman–Crippen LogP) is 2.68. The first-order valence-electron chi connectivity index (χ1n) is 6.01. The Morgan fingerprint density at radius 2 is 2.24 bits per heavy atom. The molecule has 0 bridgehead atoms. The first-order chi connectivity index (χ1) is 8.20. The fraction of sp³-hybridized carbons (Fsp3) is 0.462. The average molecular weight is 249 g/mol. The summed E-state index contributed by atoms with van der Waals surface area (Å²) in [5.41, 5.74) is 7.45. The van der Waals surface area contributed by atoms with Crippen LogP contribution in [0.5, 0.6) is 0 Å². The maximum Gasteiger partial charge on any atom is 0.0492 e. The lowest BCUT2D eigenvalue weighted by molar-refractivity contribution is 0.620. The normalized spacial score (nSPS) is 12.9. The number of thiophene rings is 1. The monoisotopic (exact) mass is 249 g/mol. The van der Waals surface area contributed by atoms with E-state index >= 15 is 0 Å². The van der Waals surface area contributed by atoms with E-state index in [9.17, 15) is 0 Å². The van der Waals surface area contributed by atoms with Crippen LogP contribution in [0.4, 0.5) is 0 Å². The lowest BCUT2D eigenvalue weighted by Crippen LogP contribution is -2.11. The van der Waals surface area contributed by atoms with Crippen LogP contribution < -0.4 is 5.73 Å². The van der Waals surface area contributed by atoms with E-state index in [0.29, 0.717) is 0 Å². The molecule has 0 radical (unpaired) electrons. The molecule has 0 saturated heterocycles. The zero-order valence-electron chi connectivity index (χ0n) is 10.4. The maximum absolute atomic E-state index is 6.21. The maximum atomic E-state index is 6.21. The van der Waals surface area contributed by atoms with Gasteiger partial charge in [-0.15, -0.1) is 11.3 Å². The number of nitrogens with zero attached hydrogens (tertiary/aromatic N) is 2. The molecule has 0 aliphatic heterocycles. The molecule has 4 heteroatoms. The summed E-state index contributed by atoms with van der Waals surface area (Å²) in [6.45, 7) is 2.18. The van der Waals surface area contributed by atoms with Gasteiger partial charge in [0, 0.05) is 34.7 Å². The Balaban J connectivity index is 1.93. The number of nitrogens with two attached hydrogens (primary N) is 1. The Morgan fingerprint density at radius 1 is 1.41 bits per heavy atom. The van der Waals surface area contributed by atoms with Crippen LogP contribution in [0.1, 0.15) is 34.8 Å². The van der Waals surface area contributed by atoms with Crippen molar-refractivity contribution in [3.05, 3.63) is 39.8 Å². The average Bonchev–Trinajstić information content (AvgIpc) is 2.94. The van der Waals surface area contributed by atoms with Crippen molar-refractivity contribution in [3.8, 4) is 0 Å². The van der Waals surface area contributed by atoms with Crippen LogP contribution in [-0.4, -0.2) is 9.78 Å². The molecule has 0 aromatic carbocycles. The molecule has 1 atom stereocenters. The summed E-state index contributed by atoms with van der Waals surface area (Å²) in [6, 6.07) is 6.55. The molecule has 2 aromatic rings. The Hall–Kier alpha value is -1.13. The van der Waals surface area contributed by atoms with Crippen molar-refractivity contribution < 1.29 is 0 Å². The molecular formula is C13H19N3S. The molecule has 17 heavy (non-hydrogen) atoms. The third-order valence-corrected chi connectivity index (χ3v) is 4.39. The van der Waals surface area contributed by atoms with Gasteiger partial charge in [-0.1, -0.05) is 6.92 Å². The highest BCUT2D eigenvalue weighted by molar-refractivity contribution is 7.12. The summed E-state index contributed by atoms with van der Waals surface area (Å²) in [4.78, 5) is 2.71. The molecular weight excluding hydrogens is 230 g/mol. The second-order valence-electron chi connectivity index (χ2n) is 4.25. The van der Waals surface area contributed by atoms with Crippen molar-refractivity contribution in [1.82, 2.24) is 9.78 Å². The third-order valence-electron chi connectivity index (χ3n) is 3.03. The van der Waals surface area contributed by atoms with Gasteiger partial charge in [0.25, 0.3) is 0 Å². The van der Waals surface area contributed by atoms with E-state index in [0.717, 1.165) is 19.3 Å². The van der Waals surface area contributed by atoms with Gasteiger partial charge in [-0.05, 0) is 37.5 Å². The van der Waals surface area contributed by atoms with Crippen molar-refractivity contribution in [2.45, 2.75) is 32.2 Å². The Labute approximate surface area is 106 Å². The van der Waals surface area contributed by atoms with Crippen LogP contribution in [0, 0.1) is 0 Å². The fourth-order valence-electron chi connectivity index (χ4n) is 1.88. The van der Waals surface area contributed by atoms with Gasteiger partial charge in [0.2, 0.25) is 0 Å². The smallest absolute Gasteiger partial charge is 0.0492 e. The minimum atomic E-state index is 0.148. The molecule has 92 valence electrons. The summed E-state index contributed by atoms with van der Waals surface area (Å²) in [7, 11) is 1.97. The van der Waals surface area contributed by atoms with Crippen LogP contribution in [0.25, 0.3) is 0 Å². The molecule has 3 nitrogen and oxygen atoms in total. The molecule has 2 aromatic heterocycles. The molecule has 2 N–H and O–H groups in total. The SMILES string of the molecule is CCc1ccc(C(N)CCc2ccnn2C)s1. The zero-order valence-corrected chi connectivity index (χ0v) is 11.2. The Bertz CT molecular complexity index is 472. The number of hydrogen-bond acceptors (Lipinski definition) is 3. The number of rotatable bonds is 5. The minimum absolute atomic E-state index is 0.148. The lowest BCUT2D eigenvalue weighted by Gasteiger charge is -2.09. The summed E-state index contributed by atoms with van der Waals surface area (Å²) in [5.74, 6) is 0. The Kier molecular flexibility index (Phi) is 3.97. The number of aryl methyl sites for hydroxylation is 3. The predicted molar refractivity (Wildman–Crippen MR) is 72.2 cm³/mol. The summed E-state index contributed by atoms with van der Waals surface area (Å²) in [6.07, 6.45) is 4.89. The van der Waals surface area contributed by atoms with Gasteiger partial charge in [0.15, 0.2) is 0 Å². The van der Waals surface area contributed by atoms with Gasteiger partial charge >= 0.3 is 0 Å². The highest BCUT2D eigenvalue weighted by Crippen LogP contribution is 2.25. The number of aromatic nitrogens is 2. The van der Waals surface area contributed by atoms with E-state index in [1.807, 2.05) is 29.3 Å². The highest BCUT2D eigenvalue weighted by Gasteiger charge is 2.10. The van der Waals surface area contributed by atoms with Crippen LogP contribution in [0.15, 0.2) is 24.4 Å². The summed E-state index contributed by atoms with van der Waals surface area (Å²) in [5, 5.41) is 4.16. The summed E-state index contributed by atoms with van der Waals surface area (Å²) >= 11 is 1.83. The van der Waals surface area contributed by atoms with Gasteiger partial charge in [-0.3, -0.25) is 4.68 Å². The summed E-state index contributed by atoms with van der Waals surface area (Å²) < 4.78 is 1.92. The molecule has 1 unspecified atom stereocenters. The van der Waals surface area contributed by atoms with E-state index in [2.05, 4.69) is 30.2 Å². The van der Waals surface area contributed by atoms with E-state index in [1.54, 1.807) is 0 Å². The van der Waals surface area contributed by atoms with E-state index in [-0.39, 0.29) is 6.04 Å². The van der Waals surface area contributed by atoms with Crippen LogP contribution in [0.2, 0.25) is 0 Å². The topological polar surface area (TPSA) is 43.8 Å². The second-order valence-corrected chi connectivity index (χ2v) is 5.45. The second kappa shape index (κ2) is 5.47. The quantitative estimate of drug-likeness (QED) is 0.885. The molecule has 0 saturated carbocycles. The van der Waals surface area contributed by atoms with Gasteiger partial charge in [0.1, 0.15) is 0 Å². The molecule has 0 fully saturated rings. The van der Waals surface area contributed by atoms with Gasteiger partial charge in [0.05, 0.1) is 0 Å². The molecule has 0 amide bonds. The van der Waals surface area contributed by atoms with Gasteiger partial charge in [-0.2, -0.15) is 5.10 Å². The first-order valence-corrected chi connectivity index (χ1v) is 6.83. The van der Waals surface area contributed by atoms with E-state index in [4.69, 9.17) is 5.73 Å². The van der Waals surface area contributed by atoms with Crippen molar-refractivity contribution in [1.29, 1.82) is 0 Å². The van der Waals surface area contributed by atoms with Crippen molar-refractivity contribution in [2.75, 3.05) is 0 Å².